The van der Waals surface area contributed by atoms with E-state index in [-0.39, 0.29) is 5.91 Å². The van der Waals surface area contributed by atoms with Crippen LogP contribution in [0, 0.1) is 20.8 Å². The first-order valence-electron chi connectivity index (χ1n) is 9.22. The van der Waals surface area contributed by atoms with Crippen molar-refractivity contribution in [2.75, 3.05) is 36.8 Å². The molecule has 0 bridgehead atoms. The van der Waals surface area contributed by atoms with E-state index in [1.165, 1.54) is 17.0 Å². The fraction of sp³-hybridized carbons (Fsp3) is 0.333. The predicted octanol–water partition coefficient (Wildman–Crippen LogP) is 3.77. The van der Waals surface area contributed by atoms with E-state index in [1.54, 1.807) is 0 Å². The topological polar surface area (TPSA) is 62.5 Å². The van der Waals surface area contributed by atoms with Gasteiger partial charge in [0.05, 0.1) is 5.69 Å². The summed E-state index contributed by atoms with van der Waals surface area (Å²) in [6, 6.07) is 10.3. The maximum absolute atomic E-state index is 13.1. The number of anilines is 2. The Morgan fingerprint density at radius 3 is 2.37 bits per heavy atom. The maximum atomic E-state index is 13.1. The largest absolute Gasteiger partial charge is 0.397 e. The van der Waals surface area contributed by atoms with Gasteiger partial charge in [-0.3, -0.25) is 4.79 Å². The van der Waals surface area contributed by atoms with Crippen molar-refractivity contribution in [2.45, 2.75) is 20.8 Å². The van der Waals surface area contributed by atoms with Gasteiger partial charge in [0.25, 0.3) is 5.91 Å². The Morgan fingerprint density at radius 1 is 1.04 bits per heavy atom. The van der Waals surface area contributed by atoms with Crippen molar-refractivity contribution in [3.63, 3.8) is 0 Å². The van der Waals surface area contributed by atoms with Gasteiger partial charge in [0.15, 0.2) is 0 Å². The van der Waals surface area contributed by atoms with Crippen LogP contribution in [0.2, 0.25) is 0 Å². The molecular weight excluding hydrogens is 356 g/mol. The normalized spacial score (nSPS) is 14.8. The van der Waals surface area contributed by atoms with Crippen LogP contribution in [0.3, 0.4) is 0 Å². The summed E-state index contributed by atoms with van der Waals surface area (Å²) in [6.07, 6.45) is 0. The van der Waals surface area contributed by atoms with Gasteiger partial charge in [0.2, 0.25) is 0 Å². The summed E-state index contributed by atoms with van der Waals surface area (Å²) >= 11 is 1.42. The summed E-state index contributed by atoms with van der Waals surface area (Å²) in [5, 5.41) is 0.939. The highest BCUT2D eigenvalue weighted by Crippen LogP contribution is 2.37. The summed E-state index contributed by atoms with van der Waals surface area (Å²) in [7, 11) is 0. The average Bonchev–Trinajstić information content (AvgIpc) is 3.02. The number of carbonyl (C=O) groups is 1. The summed E-state index contributed by atoms with van der Waals surface area (Å²) in [5.74, 6) is 0.0258. The summed E-state index contributed by atoms with van der Waals surface area (Å²) in [5.41, 5.74) is 11.4. The molecule has 2 aromatic heterocycles. The van der Waals surface area contributed by atoms with Gasteiger partial charge in [-0.25, -0.2) is 4.98 Å². The summed E-state index contributed by atoms with van der Waals surface area (Å²) in [4.78, 5) is 23.5. The highest BCUT2D eigenvalue weighted by molar-refractivity contribution is 7.21. The van der Waals surface area contributed by atoms with E-state index < -0.39 is 0 Å². The fourth-order valence-electron chi connectivity index (χ4n) is 3.68. The molecule has 1 amide bonds. The SMILES string of the molecule is Cc1nc2sc(C(=O)N3CCN(c4ccccc4)CC3)c(N)c2c(C)c1C. The van der Waals surface area contributed by atoms with Crippen LogP contribution in [-0.4, -0.2) is 42.0 Å². The Balaban J connectivity index is 1.57. The van der Waals surface area contributed by atoms with Crippen molar-refractivity contribution in [3.05, 3.63) is 52.0 Å². The lowest BCUT2D eigenvalue weighted by Gasteiger charge is -2.36. The molecule has 1 aliphatic heterocycles. The third-order valence-corrected chi connectivity index (χ3v) is 6.65. The molecule has 0 radical (unpaired) electrons. The molecule has 140 valence electrons. The number of pyridine rings is 1. The number of rotatable bonds is 2. The number of hydrogen-bond acceptors (Lipinski definition) is 5. The van der Waals surface area contributed by atoms with Gasteiger partial charge < -0.3 is 15.5 Å². The molecular formula is C21H24N4OS. The van der Waals surface area contributed by atoms with Crippen LogP contribution >= 0.6 is 11.3 Å². The number of nitrogens with zero attached hydrogens (tertiary/aromatic N) is 3. The van der Waals surface area contributed by atoms with E-state index in [4.69, 9.17) is 5.73 Å². The van der Waals surface area contributed by atoms with Crippen molar-refractivity contribution in [1.29, 1.82) is 0 Å². The zero-order chi connectivity index (χ0) is 19.1. The second-order valence-corrected chi connectivity index (χ2v) is 8.09. The molecule has 4 rings (SSSR count). The fourth-order valence-corrected chi connectivity index (χ4v) is 4.85. The molecule has 0 saturated carbocycles. The number of nitrogen functional groups attached to an aromatic ring is 1. The number of fused-ring (bicyclic) bond motifs is 1. The molecule has 1 aliphatic rings. The van der Waals surface area contributed by atoms with Crippen molar-refractivity contribution in [2.24, 2.45) is 0 Å². The van der Waals surface area contributed by atoms with Crippen molar-refractivity contribution >= 4 is 38.8 Å². The van der Waals surface area contributed by atoms with Crippen molar-refractivity contribution < 1.29 is 4.79 Å². The van der Waals surface area contributed by atoms with Crippen LogP contribution in [-0.2, 0) is 0 Å². The lowest BCUT2D eigenvalue weighted by molar-refractivity contribution is 0.0752. The smallest absolute Gasteiger partial charge is 0.266 e. The van der Waals surface area contributed by atoms with Gasteiger partial charge in [0.1, 0.15) is 9.71 Å². The Kier molecular flexibility index (Phi) is 4.52. The molecule has 0 unspecified atom stereocenters. The highest BCUT2D eigenvalue weighted by Gasteiger charge is 2.27. The number of carbonyl (C=O) groups excluding carboxylic acids is 1. The van der Waals surface area contributed by atoms with Gasteiger partial charge in [-0.1, -0.05) is 18.2 Å². The molecule has 3 aromatic rings. The van der Waals surface area contributed by atoms with Crippen LogP contribution in [0.1, 0.15) is 26.5 Å². The van der Waals surface area contributed by atoms with E-state index in [0.29, 0.717) is 23.7 Å². The zero-order valence-corrected chi connectivity index (χ0v) is 16.8. The minimum Gasteiger partial charge on any atom is -0.397 e. The van der Waals surface area contributed by atoms with Gasteiger partial charge >= 0.3 is 0 Å². The lowest BCUT2D eigenvalue weighted by atomic mass is 10.1. The van der Waals surface area contributed by atoms with Crippen LogP contribution in [0.4, 0.5) is 11.4 Å². The number of amides is 1. The van der Waals surface area contributed by atoms with Crippen LogP contribution in [0.5, 0.6) is 0 Å². The average molecular weight is 381 g/mol. The number of para-hydroxylation sites is 1. The second kappa shape index (κ2) is 6.85. The predicted molar refractivity (Wildman–Crippen MR) is 113 cm³/mol. The summed E-state index contributed by atoms with van der Waals surface area (Å²) in [6.45, 7) is 9.17. The molecule has 0 spiro atoms. The highest BCUT2D eigenvalue weighted by atomic mass is 32.1. The van der Waals surface area contributed by atoms with Gasteiger partial charge in [-0.2, -0.15) is 0 Å². The number of thiophene rings is 1. The number of benzene rings is 1. The number of piperazine rings is 1. The molecule has 1 aromatic carbocycles. The lowest BCUT2D eigenvalue weighted by Crippen LogP contribution is -2.48. The van der Waals surface area contributed by atoms with E-state index >= 15 is 0 Å². The van der Waals surface area contributed by atoms with Crippen LogP contribution in [0.25, 0.3) is 10.2 Å². The first-order valence-corrected chi connectivity index (χ1v) is 10.0. The van der Waals surface area contributed by atoms with E-state index in [1.807, 2.05) is 30.0 Å². The Labute approximate surface area is 163 Å². The third kappa shape index (κ3) is 3.04. The molecule has 2 N–H and O–H groups in total. The first-order chi connectivity index (χ1) is 13.0. The van der Waals surface area contributed by atoms with Gasteiger partial charge in [-0.15, -0.1) is 11.3 Å². The zero-order valence-electron chi connectivity index (χ0n) is 16.0. The second-order valence-electron chi connectivity index (χ2n) is 7.09. The summed E-state index contributed by atoms with van der Waals surface area (Å²) < 4.78 is 0. The van der Waals surface area contributed by atoms with Crippen LogP contribution < -0.4 is 10.6 Å². The minimum atomic E-state index is 0.0258. The standard InChI is InChI=1S/C21H24N4OS/c1-13-14(2)17-18(22)19(27-20(17)23-15(13)3)21(26)25-11-9-24(10-12-25)16-7-5-4-6-8-16/h4-8H,9-12,22H2,1-3H3. The first kappa shape index (κ1) is 17.8. The Bertz CT molecular complexity index is 1000. The monoisotopic (exact) mass is 380 g/mol. The molecule has 3 heterocycles. The van der Waals surface area contributed by atoms with Gasteiger partial charge in [-0.05, 0) is 44.0 Å². The van der Waals surface area contributed by atoms with E-state index in [0.717, 1.165) is 40.1 Å². The van der Waals surface area contributed by atoms with Gasteiger partial charge in [0, 0.05) is 42.9 Å². The number of nitrogens with two attached hydrogens (primary N) is 1. The molecule has 0 atom stereocenters. The number of aromatic nitrogens is 1. The van der Waals surface area contributed by atoms with Crippen molar-refractivity contribution in [3.8, 4) is 0 Å². The third-order valence-electron chi connectivity index (χ3n) is 5.56. The van der Waals surface area contributed by atoms with E-state index in [2.05, 4.69) is 35.9 Å². The molecule has 6 heteroatoms. The number of aryl methyl sites for hydroxylation is 2. The Morgan fingerprint density at radius 2 is 1.70 bits per heavy atom. The van der Waals surface area contributed by atoms with E-state index in [9.17, 15) is 4.79 Å². The van der Waals surface area contributed by atoms with Crippen molar-refractivity contribution in [1.82, 2.24) is 9.88 Å². The molecule has 27 heavy (non-hydrogen) atoms. The quantitative estimate of drug-likeness (QED) is 0.735. The Hall–Kier alpha value is -2.60. The number of hydrogen-bond donors (Lipinski definition) is 1. The van der Waals surface area contributed by atoms with Crippen LogP contribution in [0.15, 0.2) is 30.3 Å². The maximum Gasteiger partial charge on any atom is 0.266 e. The molecule has 0 aliphatic carbocycles. The minimum absolute atomic E-state index is 0.0258. The molecule has 1 saturated heterocycles. The molecule has 1 fully saturated rings. The molecule has 5 nitrogen and oxygen atoms in total.